The first-order valence-electron chi connectivity index (χ1n) is 16.9. The van der Waals surface area contributed by atoms with Crippen molar-refractivity contribution < 1.29 is 37.8 Å². The number of anilines is 3. The summed E-state index contributed by atoms with van der Waals surface area (Å²) in [6.45, 7) is 3.62. The van der Waals surface area contributed by atoms with Crippen molar-refractivity contribution in [3.63, 3.8) is 0 Å². The van der Waals surface area contributed by atoms with E-state index in [1.165, 1.54) is 24.1 Å². The minimum atomic E-state index is -1.39. The maximum atomic E-state index is 15.6. The van der Waals surface area contributed by atoms with Gasteiger partial charge in [0.1, 0.15) is 23.1 Å². The molecule has 2 aromatic heterocycles. The van der Waals surface area contributed by atoms with E-state index in [9.17, 15) is 29.1 Å². The molecule has 51 heavy (non-hydrogen) atoms. The third kappa shape index (κ3) is 6.53. The molecule has 5 heterocycles. The van der Waals surface area contributed by atoms with Crippen molar-refractivity contribution in [2.75, 3.05) is 73.6 Å². The monoisotopic (exact) mass is 708 g/mol. The predicted octanol–water partition coefficient (Wildman–Crippen LogP) is 1.53. The molecule has 1 saturated carbocycles. The molecule has 3 saturated heterocycles. The second-order valence-corrected chi connectivity index (χ2v) is 13.5. The Bertz CT molecular complexity index is 1980. The van der Waals surface area contributed by atoms with E-state index in [0.29, 0.717) is 37.6 Å². The molecule has 270 valence electrons. The number of hydrogen-bond donors (Lipinski definition) is 3. The van der Waals surface area contributed by atoms with Gasteiger partial charge in [0.25, 0.3) is 0 Å². The van der Waals surface area contributed by atoms with Crippen molar-refractivity contribution in [3.05, 3.63) is 57.9 Å². The van der Waals surface area contributed by atoms with Crippen LogP contribution in [0, 0.1) is 23.5 Å². The highest BCUT2D eigenvalue weighted by Crippen LogP contribution is 2.38. The largest absolute Gasteiger partial charge is 0.477 e. The van der Waals surface area contributed by atoms with Crippen LogP contribution in [-0.4, -0.2) is 108 Å². The molecule has 7 rings (SSSR count). The second kappa shape index (κ2) is 13.4. The summed E-state index contributed by atoms with van der Waals surface area (Å²) >= 11 is 0. The van der Waals surface area contributed by atoms with E-state index in [1.54, 1.807) is 26.5 Å². The van der Waals surface area contributed by atoms with Crippen LogP contribution in [0.3, 0.4) is 0 Å². The summed E-state index contributed by atoms with van der Waals surface area (Å²) in [6.07, 6.45) is 1.66. The normalized spacial score (nSPS) is 22.1. The Labute approximate surface area is 290 Å². The number of carbonyl (C=O) groups excluding carboxylic acids is 3. The molecule has 4 fully saturated rings. The molecule has 3 amide bonds. The Balaban J connectivity index is 1.02. The number of amides is 3. The number of piperazine rings is 1. The zero-order valence-electron chi connectivity index (χ0n) is 27.9. The number of fused-ring (bicyclic) bond motifs is 1. The number of nitrogens with two attached hydrogens (primary N) is 1. The summed E-state index contributed by atoms with van der Waals surface area (Å²) in [4.78, 5) is 73.1. The van der Waals surface area contributed by atoms with Gasteiger partial charge in [0.2, 0.25) is 17.2 Å². The van der Waals surface area contributed by atoms with Crippen LogP contribution >= 0.6 is 0 Å². The van der Waals surface area contributed by atoms with Gasteiger partial charge in [-0.3, -0.25) is 19.3 Å². The highest BCUT2D eigenvalue weighted by atomic mass is 19.1. The van der Waals surface area contributed by atoms with E-state index in [0.717, 1.165) is 18.9 Å². The molecule has 4 aliphatic rings. The van der Waals surface area contributed by atoms with Crippen LogP contribution in [0.4, 0.5) is 30.8 Å². The van der Waals surface area contributed by atoms with Gasteiger partial charge >= 0.3 is 12.1 Å². The maximum absolute atomic E-state index is 15.6. The van der Waals surface area contributed by atoms with Crippen LogP contribution < -0.4 is 31.2 Å². The number of benzene rings is 1. The minimum Gasteiger partial charge on any atom is -0.477 e. The van der Waals surface area contributed by atoms with Crippen molar-refractivity contribution in [1.29, 1.82) is 0 Å². The van der Waals surface area contributed by atoms with Gasteiger partial charge in [-0.2, -0.15) is 0 Å². The number of carboxylic acid groups (broad SMARTS) is 1. The Morgan fingerprint density at radius 2 is 1.76 bits per heavy atom. The molecule has 15 nitrogen and oxygen atoms in total. The lowest BCUT2D eigenvalue weighted by molar-refractivity contribution is -0.136. The molecule has 0 bridgehead atoms. The maximum Gasteiger partial charge on any atom is 0.414 e. The van der Waals surface area contributed by atoms with Gasteiger partial charge in [-0.25, -0.2) is 23.4 Å². The number of aromatic carboxylic acids is 1. The van der Waals surface area contributed by atoms with E-state index in [-0.39, 0.29) is 73.3 Å². The number of halogens is 2. The molecule has 3 aromatic rings. The number of pyridine rings is 2. The van der Waals surface area contributed by atoms with Gasteiger partial charge in [0.15, 0.2) is 11.6 Å². The number of nitrogens with one attached hydrogen (secondary N) is 1. The fraction of sp³-hybridized carbons (Fsp3) is 0.471. The summed E-state index contributed by atoms with van der Waals surface area (Å²) in [5.41, 5.74) is 5.72. The number of aromatic nitrogens is 2. The van der Waals surface area contributed by atoms with E-state index in [4.69, 9.17) is 10.5 Å². The highest BCUT2D eigenvalue weighted by Gasteiger charge is 2.41. The van der Waals surface area contributed by atoms with Crippen molar-refractivity contribution in [2.45, 2.75) is 31.9 Å². The van der Waals surface area contributed by atoms with Crippen molar-refractivity contribution >= 4 is 52.1 Å². The van der Waals surface area contributed by atoms with Crippen LogP contribution in [0.2, 0.25) is 0 Å². The van der Waals surface area contributed by atoms with E-state index in [1.807, 2.05) is 4.90 Å². The third-order valence-corrected chi connectivity index (χ3v) is 10.1. The summed E-state index contributed by atoms with van der Waals surface area (Å²) in [6, 6.07) is 5.48. The average Bonchev–Trinajstić information content (AvgIpc) is 3.75. The van der Waals surface area contributed by atoms with Gasteiger partial charge in [0.05, 0.1) is 35.8 Å². The standard InChI is InChI=1S/C34H38F2N8O7/c1-18(45)38-13-22-15-44(34(50)51-22)21-4-5-28(26(35)10-21)40-6-8-41(9-7-40)32(47)24-16-42(14-19(24)12-37)31-27(36)11-23-29(46)25(33(48)49)17-43(20-2-3-20)30(23)39-31/h4-5,10-11,17,19-20,22,24H,2-3,6-9,12-16,37H2,1H3,(H,38,45)(H,48,49)/t19-,22-,24-/m1/s1. The Morgan fingerprint density at radius 1 is 1.02 bits per heavy atom. The minimum absolute atomic E-state index is 0.0256. The smallest absolute Gasteiger partial charge is 0.414 e. The molecule has 1 aliphatic carbocycles. The Morgan fingerprint density at radius 3 is 2.41 bits per heavy atom. The number of carbonyl (C=O) groups is 4. The van der Waals surface area contributed by atoms with Gasteiger partial charge in [-0.1, -0.05) is 0 Å². The molecule has 4 N–H and O–H groups in total. The lowest BCUT2D eigenvalue weighted by Crippen LogP contribution is -2.52. The van der Waals surface area contributed by atoms with Crippen molar-refractivity contribution in [2.24, 2.45) is 17.6 Å². The molecule has 0 spiro atoms. The molecular weight excluding hydrogens is 670 g/mol. The molecule has 1 aromatic carbocycles. The topological polar surface area (TPSA) is 184 Å². The predicted molar refractivity (Wildman–Crippen MR) is 181 cm³/mol. The summed E-state index contributed by atoms with van der Waals surface area (Å²) in [7, 11) is 0. The lowest BCUT2D eigenvalue weighted by atomic mass is 9.94. The van der Waals surface area contributed by atoms with E-state index >= 15 is 8.78 Å². The summed E-state index contributed by atoms with van der Waals surface area (Å²) < 4.78 is 37.9. The van der Waals surface area contributed by atoms with Crippen LogP contribution in [0.25, 0.3) is 11.0 Å². The quantitative estimate of drug-likeness (QED) is 0.293. The van der Waals surface area contributed by atoms with Crippen molar-refractivity contribution in [1.82, 2.24) is 19.8 Å². The first kappa shape index (κ1) is 34.1. The SMILES string of the molecule is CC(=O)NC[C@@H]1CN(c2ccc(N3CCN(C(=O)[C@@H]4CN(c5nc6c(cc5F)c(=O)c(C(=O)O)cn6C5CC5)C[C@H]4CN)CC3)c(F)c2)C(=O)O1. The lowest BCUT2D eigenvalue weighted by Gasteiger charge is -2.38. The van der Waals surface area contributed by atoms with Crippen LogP contribution in [0.5, 0.6) is 0 Å². The summed E-state index contributed by atoms with van der Waals surface area (Å²) in [5, 5.41) is 12.0. The zero-order chi connectivity index (χ0) is 36.1. The fourth-order valence-corrected chi connectivity index (χ4v) is 7.22. The molecule has 0 unspecified atom stereocenters. The Kier molecular flexibility index (Phi) is 8.99. The van der Waals surface area contributed by atoms with E-state index < -0.39 is 46.7 Å². The van der Waals surface area contributed by atoms with E-state index in [2.05, 4.69) is 10.3 Å². The zero-order valence-corrected chi connectivity index (χ0v) is 27.9. The molecule has 3 atom stereocenters. The first-order chi connectivity index (χ1) is 24.4. The van der Waals surface area contributed by atoms with Gasteiger partial charge in [-0.05, 0) is 43.7 Å². The number of hydrogen-bond acceptors (Lipinski definition) is 10. The van der Waals surface area contributed by atoms with Crippen LogP contribution in [0.15, 0.2) is 35.3 Å². The second-order valence-electron chi connectivity index (χ2n) is 13.5. The van der Waals surface area contributed by atoms with Crippen molar-refractivity contribution in [3.8, 4) is 0 Å². The van der Waals surface area contributed by atoms with Gasteiger partial charge in [0, 0.05) is 64.3 Å². The van der Waals surface area contributed by atoms with Gasteiger partial charge < -0.3 is 40.2 Å². The fourth-order valence-electron chi connectivity index (χ4n) is 7.22. The molecule has 3 aliphatic heterocycles. The number of ether oxygens (including phenoxy) is 1. The van der Waals surface area contributed by atoms with Gasteiger partial charge in [-0.15, -0.1) is 0 Å². The Hall–Kier alpha value is -5.32. The number of rotatable bonds is 9. The van der Waals surface area contributed by atoms with Crippen LogP contribution in [0.1, 0.15) is 36.2 Å². The number of carboxylic acids is 1. The van der Waals surface area contributed by atoms with Crippen LogP contribution in [-0.2, 0) is 14.3 Å². The summed E-state index contributed by atoms with van der Waals surface area (Å²) in [5.74, 6) is -3.98. The third-order valence-electron chi connectivity index (χ3n) is 10.1. The highest BCUT2D eigenvalue weighted by molar-refractivity contribution is 5.92. The first-order valence-corrected chi connectivity index (χ1v) is 16.9. The number of nitrogens with zero attached hydrogens (tertiary/aromatic N) is 6. The molecule has 17 heteroatoms. The molecular formula is C34H38F2N8O7. The number of cyclic esters (lactones) is 1. The molecule has 0 radical (unpaired) electrons. The average molecular weight is 709 g/mol.